The van der Waals surface area contributed by atoms with Gasteiger partial charge in [0.2, 0.25) is 11.8 Å². The molecule has 0 saturated heterocycles. The monoisotopic (exact) mass is 691 g/mol. The summed E-state index contributed by atoms with van der Waals surface area (Å²) in [6.07, 6.45) is 0.181. The molecule has 0 aromatic heterocycles. The zero-order valence-corrected chi connectivity index (χ0v) is 27.4. The molecule has 230 valence electrons. The summed E-state index contributed by atoms with van der Waals surface area (Å²) in [5, 5.41) is 4.07. The molecule has 0 aliphatic rings. The fraction of sp³-hybridized carbons (Fsp3) is 0.188. The summed E-state index contributed by atoms with van der Waals surface area (Å²) >= 11 is 24.7. The van der Waals surface area contributed by atoms with Gasteiger partial charge in [0.15, 0.2) is 0 Å². The van der Waals surface area contributed by atoms with Crippen LogP contribution in [0.1, 0.15) is 18.1 Å². The van der Waals surface area contributed by atoms with E-state index in [4.69, 9.17) is 46.4 Å². The van der Waals surface area contributed by atoms with Crippen LogP contribution in [0.3, 0.4) is 0 Å². The first kappa shape index (κ1) is 33.6. The van der Waals surface area contributed by atoms with Gasteiger partial charge in [-0.3, -0.25) is 13.9 Å². The Morgan fingerprint density at radius 2 is 1.48 bits per heavy atom. The van der Waals surface area contributed by atoms with Crippen molar-refractivity contribution in [3.8, 4) is 0 Å². The van der Waals surface area contributed by atoms with Crippen molar-refractivity contribution in [2.45, 2.75) is 30.8 Å². The molecule has 0 aliphatic carbocycles. The molecule has 0 spiro atoms. The van der Waals surface area contributed by atoms with Gasteiger partial charge in [0.05, 0.1) is 20.6 Å². The van der Waals surface area contributed by atoms with Crippen LogP contribution in [0.15, 0.2) is 102 Å². The molecule has 1 atom stereocenters. The zero-order valence-electron chi connectivity index (χ0n) is 23.6. The van der Waals surface area contributed by atoms with E-state index < -0.39 is 28.5 Å². The van der Waals surface area contributed by atoms with Gasteiger partial charge in [0, 0.05) is 29.6 Å². The number of amides is 2. The number of hydrogen-bond acceptors (Lipinski definition) is 4. The molecule has 0 radical (unpaired) electrons. The molecule has 0 unspecified atom stereocenters. The smallest absolute Gasteiger partial charge is 0.264 e. The maximum absolute atomic E-state index is 14.4. The first-order valence-electron chi connectivity index (χ1n) is 13.6. The molecule has 1 N–H and O–H groups in total. The SMILES string of the molecule is CCNC(=O)[C@@H](Cc1ccccc1)N(Cc1ccc(Cl)c(Cl)c1)C(=O)CN(c1cccc(Cl)c1)S(=O)(=O)c1ccc(Cl)cc1. The quantitative estimate of drug-likeness (QED) is 0.169. The molecule has 12 heteroatoms. The maximum atomic E-state index is 14.4. The van der Waals surface area contributed by atoms with E-state index in [1.54, 1.807) is 43.3 Å². The highest BCUT2D eigenvalue weighted by molar-refractivity contribution is 7.92. The Hall–Kier alpha value is -3.27. The average Bonchev–Trinajstić information content (AvgIpc) is 3.00. The van der Waals surface area contributed by atoms with E-state index in [9.17, 15) is 18.0 Å². The van der Waals surface area contributed by atoms with Gasteiger partial charge in [-0.2, -0.15) is 0 Å². The second-order valence-electron chi connectivity index (χ2n) is 9.82. The number of carbonyl (C=O) groups is 2. The number of nitrogens with zero attached hydrogens (tertiary/aromatic N) is 2. The standard InChI is InChI=1S/C32H29Cl4N3O4S/c1-2-37-32(41)30(18-22-7-4-3-5-8-22)38(20-23-11-16-28(35)29(36)17-23)31(40)21-39(26-10-6-9-25(34)19-26)44(42,43)27-14-12-24(33)13-15-27/h3-17,19,30H,2,18,20-21H2,1H3,(H,37,41)/t30-/m1/s1. The Bertz CT molecular complexity index is 1720. The maximum Gasteiger partial charge on any atom is 0.264 e. The fourth-order valence-corrected chi connectivity index (χ4v) is 6.61. The third-order valence-corrected chi connectivity index (χ3v) is 9.75. The number of carbonyl (C=O) groups excluding carboxylic acids is 2. The first-order chi connectivity index (χ1) is 21.0. The molecular formula is C32H29Cl4N3O4S. The number of likely N-dealkylation sites (N-methyl/N-ethyl adjacent to an activating group) is 1. The number of benzene rings is 4. The molecular weight excluding hydrogens is 664 g/mol. The van der Waals surface area contributed by atoms with Crippen LogP contribution < -0.4 is 9.62 Å². The van der Waals surface area contributed by atoms with E-state index in [-0.39, 0.29) is 39.5 Å². The second kappa shape index (κ2) is 15.1. The lowest BCUT2D eigenvalue weighted by Gasteiger charge is -2.34. The number of sulfonamides is 1. The lowest BCUT2D eigenvalue weighted by atomic mass is 10.0. The lowest BCUT2D eigenvalue weighted by molar-refractivity contribution is -0.140. The molecule has 0 aliphatic heterocycles. The summed E-state index contributed by atoms with van der Waals surface area (Å²) in [6, 6.07) is 25.0. The second-order valence-corrected chi connectivity index (χ2v) is 13.4. The highest BCUT2D eigenvalue weighted by Crippen LogP contribution is 2.29. The van der Waals surface area contributed by atoms with E-state index in [2.05, 4.69) is 5.32 Å². The summed E-state index contributed by atoms with van der Waals surface area (Å²) in [5.41, 5.74) is 1.59. The minimum absolute atomic E-state index is 0.0469. The van der Waals surface area contributed by atoms with Crippen molar-refractivity contribution in [3.05, 3.63) is 128 Å². The molecule has 0 saturated carbocycles. The molecule has 7 nitrogen and oxygen atoms in total. The van der Waals surface area contributed by atoms with Gasteiger partial charge in [-0.1, -0.05) is 88.9 Å². The van der Waals surface area contributed by atoms with Crippen molar-refractivity contribution in [1.82, 2.24) is 10.2 Å². The van der Waals surface area contributed by atoms with Gasteiger partial charge in [0.1, 0.15) is 12.6 Å². The molecule has 0 bridgehead atoms. The van der Waals surface area contributed by atoms with Crippen LogP contribution in [0.25, 0.3) is 0 Å². The Morgan fingerprint density at radius 1 is 0.773 bits per heavy atom. The van der Waals surface area contributed by atoms with Crippen LogP contribution in [-0.4, -0.2) is 44.3 Å². The highest BCUT2D eigenvalue weighted by Gasteiger charge is 2.34. The Labute approximate surface area is 277 Å². The van der Waals surface area contributed by atoms with E-state index in [0.717, 1.165) is 9.87 Å². The van der Waals surface area contributed by atoms with Crippen molar-refractivity contribution in [2.24, 2.45) is 0 Å². The van der Waals surface area contributed by atoms with Crippen LogP contribution in [0.2, 0.25) is 20.1 Å². The minimum Gasteiger partial charge on any atom is -0.355 e. The predicted octanol–water partition coefficient (Wildman–Crippen LogP) is 7.27. The number of hydrogen-bond donors (Lipinski definition) is 1. The van der Waals surface area contributed by atoms with E-state index in [1.165, 1.54) is 35.2 Å². The number of nitrogens with one attached hydrogen (secondary N) is 1. The fourth-order valence-electron chi connectivity index (χ4n) is 4.57. The minimum atomic E-state index is -4.29. The summed E-state index contributed by atoms with van der Waals surface area (Å²) in [7, 11) is -4.29. The third-order valence-electron chi connectivity index (χ3n) is 6.74. The van der Waals surface area contributed by atoms with Crippen molar-refractivity contribution in [2.75, 3.05) is 17.4 Å². The van der Waals surface area contributed by atoms with Gasteiger partial charge in [-0.15, -0.1) is 0 Å². The summed E-state index contributed by atoms with van der Waals surface area (Å²) < 4.78 is 29.0. The van der Waals surface area contributed by atoms with Crippen LogP contribution in [0.5, 0.6) is 0 Å². The third kappa shape index (κ3) is 8.46. The normalized spacial score (nSPS) is 11.9. The van der Waals surface area contributed by atoms with Crippen molar-refractivity contribution < 1.29 is 18.0 Å². The number of halogens is 4. The Morgan fingerprint density at radius 3 is 2.11 bits per heavy atom. The largest absolute Gasteiger partial charge is 0.355 e. The van der Waals surface area contributed by atoms with Crippen molar-refractivity contribution >= 4 is 73.9 Å². The van der Waals surface area contributed by atoms with Crippen molar-refractivity contribution in [1.29, 1.82) is 0 Å². The van der Waals surface area contributed by atoms with Gasteiger partial charge >= 0.3 is 0 Å². The first-order valence-corrected chi connectivity index (χ1v) is 16.5. The molecule has 0 fully saturated rings. The summed E-state index contributed by atoms with van der Waals surface area (Å²) in [6.45, 7) is 1.44. The van der Waals surface area contributed by atoms with E-state index in [1.807, 2.05) is 30.3 Å². The Kier molecular flexibility index (Phi) is 11.6. The molecule has 4 aromatic rings. The van der Waals surface area contributed by atoms with E-state index >= 15 is 0 Å². The van der Waals surface area contributed by atoms with Crippen LogP contribution in [0, 0.1) is 0 Å². The van der Waals surface area contributed by atoms with Crippen LogP contribution in [0.4, 0.5) is 5.69 Å². The topological polar surface area (TPSA) is 86.8 Å². The van der Waals surface area contributed by atoms with Crippen molar-refractivity contribution in [3.63, 3.8) is 0 Å². The average molecular weight is 693 g/mol. The van der Waals surface area contributed by atoms with Gasteiger partial charge in [-0.05, 0) is 72.6 Å². The number of anilines is 1. The molecule has 44 heavy (non-hydrogen) atoms. The van der Waals surface area contributed by atoms with Gasteiger partial charge in [-0.25, -0.2) is 8.42 Å². The van der Waals surface area contributed by atoms with Gasteiger partial charge < -0.3 is 10.2 Å². The number of rotatable bonds is 12. The highest BCUT2D eigenvalue weighted by atomic mass is 35.5. The lowest BCUT2D eigenvalue weighted by Crippen LogP contribution is -2.53. The van der Waals surface area contributed by atoms with Gasteiger partial charge in [0.25, 0.3) is 10.0 Å². The summed E-state index contributed by atoms with van der Waals surface area (Å²) in [4.78, 5) is 29.2. The van der Waals surface area contributed by atoms with Crippen LogP contribution in [-0.2, 0) is 32.6 Å². The van der Waals surface area contributed by atoms with E-state index in [0.29, 0.717) is 22.2 Å². The molecule has 4 rings (SSSR count). The predicted molar refractivity (Wildman–Crippen MR) is 177 cm³/mol. The molecule has 0 heterocycles. The van der Waals surface area contributed by atoms with Crippen LogP contribution >= 0.6 is 46.4 Å². The zero-order chi connectivity index (χ0) is 31.9. The molecule has 2 amide bonds. The summed E-state index contributed by atoms with van der Waals surface area (Å²) in [5.74, 6) is -1.01. The Balaban J connectivity index is 1.81. The molecule has 4 aromatic carbocycles.